The average molecular weight is 253 g/mol. The van der Waals surface area contributed by atoms with E-state index >= 15 is 0 Å². The Morgan fingerprint density at radius 3 is 2.83 bits per heavy atom. The van der Waals surface area contributed by atoms with Crippen LogP contribution in [0.1, 0.15) is 35.0 Å². The Morgan fingerprint density at radius 1 is 1.44 bits per heavy atom. The summed E-state index contributed by atoms with van der Waals surface area (Å²) in [7, 11) is 0. The Morgan fingerprint density at radius 2 is 2.22 bits per heavy atom. The van der Waals surface area contributed by atoms with E-state index in [2.05, 4.69) is 9.72 Å². The van der Waals surface area contributed by atoms with Crippen molar-refractivity contribution in [1.29, 1.82) is 0 Å². The summed E-state index contributed by atoms with van der Waals surface area (Å²) in [4.78, 5) is 14.9. The maximum absolute atomic E-state index is 12.3. The van der Waals surface area contributed by atoms with Crippen molar-refractivity contribution in [3.05, 3.63) is 23.6 Å². The zero-order valence-electron chi connectivity index (χ0n) is 9.23. The molecule has 0 amide bonds. The van der Waals surface area contributed by atoms with Gasteiger partial charge in [0.05, 0.1) is 0 Å². The quantitative estimate of drug-likeness (QED) is 0.785. The maximum Gasteiger partial charge on any atom is 0.387 e. The number of aldehydes is 1. The zero-order valence-corrected chi connectivity index (χ0v) is 9.23. The predicted octanol–water partition coefficient (Wildman–Crippen LogP) is 3.12. The lowest BCUT2D eigenvalue weighted by Gasteiger charge is -2.04. The minimum absolute atomic E-state index is 0.125. The number of alkyl halides is 2. The molecule has 0 bridgehead atoms. The fourth-order valence-electron chi connectivity index (χ4n) is 1.79. The van der Waals surface area contributed by atoms with Crippen molar-refractivity contribution < 1.29 is 22.7 Å². The number of carbonyl (C=O) groups is 1. The lowest BCUT2D eigenvalue weighted by Crippen LogP contribution is -2.03. The number of benzene rings is 1. The molecule has 1 aromatic carbocycles. The van der Waals surface area contributed by atoms with E-state index in [1.54, 1.807) is 0 Å². The fourth-order valence-corrected chi connectivity index (χ4v) is 1.79. The molecule has 4 nitrogen and oxygen atoms in total. The number of nitrogens with zero attached hydrogens (tertiary/aromatic N) is 1. The summed E-state index contributed by atoms with van der Waals surface area (Å²) in [6, 6.07) is 2.71. The third-order valence-corrected chi connectivity index (χ3v) is 2.78. The molecule has 1 saturated carbocycles. The van der Waals surface area contributed by atoms with Gasteiger partial charge in [-0.3, -0.25) is 4.79 Å². The van der Waals surface area contributed by atoms with Gasteiger partial charge in [-0.1, -0.05) is 0 Å². The first-order valence-electron chi connectivity index (χ1n) is 5.52. The van der Waals surface area contributed by atoms with E-state index in [4.69, 9.17) is 4.42 Å². The van der Waals surface area contributed by atoms with Crippen molar-refractivity contribution in [3.63, 3.8) is 0 Å². The van der Waals surface area contributed by atoms with Gasteiger partial charge in [0.25, 0.3) is 0 Å². The summed E-state index contributed by atoms with van der Waals surface area (Å²) in [6.07, 6.45) is 2.52. The third-order valence-electron chi connectivity index (χ3n) is 2.78. The Bertz CT molecular complexity index is 605. The lowest BCUT2D eigenvalue weighted by molar-refractivity contribution is -0.0489. The van der Waals surface area contributed by atoms with Crippen molar-refractivity contribution in [2.75, 3.05) is 0 Å². The molecule has 94 valence electrons. The first-order valence-corrected chi connectivity index (χ1v) is 5.52. The van der Waals surface area contributed by atoms with Crippen LogP contribution in [-0.2, 0) is 0 Å². The molecular weight excluding hydrogens is 244 g/mol. The number of hydrogen-bond acceptors (Lipinski definition) is 4. The van der Waals surface area contributed by atoms with E-state index in [0.29, 0.717) is 17.8 Å². The Balaban J connectivity index is 2.13. The van der Waals surface area contributed by atoms with E-state index in [1.165, 1.54) is 12.1 Å². The molecule has 0 atom stereocenters. The highest BCUT2D eigenvalue weighted by molar-refractivity contribution is 5.88. The summed E-state index contributed by atoms with van der Waals surface area (Å²) >= 11 is 0. The van der Waals surface area contributed by atoms with Crippen molar-refractivity contribution in [2.24, 2.45) is 0 Å². The highest BCUT2D eigenvalue weighted by Crippen LogP contribution is 2.41. The molecule has 6 heteroatoms. The van der Waals surface area contributed by atoms with E-state index in [9.17, 15) is 13.6 Å². The molecule has 1 aromatic heterocycles. The third kappa shape index (κ3) is 1.94. The van der Waals surface area contributed by atoms with Crippen molar-refractivity contribution in [3.8, 4) is 5.75 Å². The van der Waals surface area contributed by atoms with Crippen molar-refractivity contribution in [1.82, 2.24) is 4.98 Å². The van der Waals surface area contributed by atoms with Crippen LogP contribution in [0.5, 0.6) is 5.75 Å². The highest BCUT2D eigenvalue weighted by atomic mass is 19.3. The van der Waals surface area contributed by atoms with Gasteiger partial charge in [0.2, 0.25) is 0 Å². The topological polar surface area (TPSA) is 52.3 Å². The molecule has 1 aliphatic carbocycles. The molecule has 0 radical (unpaired) electrons. The minimum atomic E-state index is -2.96. The number of rotatable bonds is 4. The van der Waals surface area contributed by atoms with Crippen LogP contribution < -0.4 is 4.74 Å². The first-order chi connectivity index (χ1) is 8.67. The number of aromatic nitrogens is 1. The Kier molecular flexibility index (Phi) is 2.50. The number of oxazole rings is 1. The van der Waals surface area contributed by atoms with Crippen LogP contribution in [-0.4, -0.2) is 17.9 Å². The van der Waals surface area contributed by atoms with Gasteiger partial charge >= 0.3 is 6.61 Å². The van der Waals surface area contributed by atoms with Crippen LogP contribution >= 0.6 is 0 Å². The number of fused-ring (bicyclic) bond motifs is 1. The van der Waals surface area contributed by atoms with E-state index in [0.717, 1.165) is 12.8 Å². The smallest absolute Gasteiger partial charge is 0.387 e. The summed E-state index contributed by atoms with van der Waals surface area (Å²) in [5.41, 5.74) is 0.761. The molecule has 0 saturated heterocycles. The van der Waals surface area contributed by atoms with Crippen molar-refractivity contribution in [2.45, 2.75) is 25.4 Å². The normalized spacial score (nSPS) is 15.3. The fraction of sp³-hybridized carbons (Fsp3) is 0.333. The molecule has 0 N–H and O–H groups in total. The maximum atomic E-state index is 12.3. The van der Waals surface area contributed by atoms with E-state index < -0.39 is 6.61 Å². The number of carbonyl (C=O) groups excluding carboxylic acids is 1. The molecule has 2 aromatic rings. The standard InChI is InChI=1S/C12H9F2NO3/c13-12(14)18-9-4-6(5-16)3-8-10(9)15-11(17-8)7-1-2-7/h3-5,7,12H,1-2H2. The molecular formula is C12H9F2NO3. The van der Waals surface area contributed by atoms with E-state index in [-0.39, 0.29) is 22.7 Å². The summed E-state index contributed by atoms with van der Waals surface area (Å²) < 4.78 is 34.4. The number of halogens is 2. The van der Waals surface area contributed by atoms with Crippen LogP contribution in [0.15, 0.2) is 16.5 Å². The second kappa shape index (κ2) is 4.04. The number of ether oxygens (including phenoxy) is 1. The molecule has 0 unspecified atom stereocenters. The van der Waals surface area contributed by atoms with Gasteiger partial charge in [-0.25, -0.2) is 4.98 Å². The summed E-state index contributed by atoms with van der Waals surface area (Å²) in [5, 5.41) is 0. The first kappa shape index (κ1) is 11.1. The van der Waals surface area contributed by atoms with Crippen molar-refractivity contribution >= 4 is 17.4 Å². The van der Waals surface area contributed by atoms with Gasteiger partial charge in [0, 0.05) is 11.5 Å². The average Bonchev–Trinajstić information content (AvgIpc) is 3.08. The highest BCUT2D eigenvalue weighted by Gasteiger charge is 2.29. The van der Waals surface area contributed by atoms with Gasteiger partial charge in [0.1, 0.15) is 6.29 Å². The molecule has 3 rings (SSSR count). The van der Waals surface area contributed by atoms with Gasteiger partial charge in [-0.05, 0) is 25.0 Å². The van der Waals surface area contributed by atoms with E-state index in [1.807, 2.05) is 0 Å². The second-order valence-corrected chi connectivity index (χ2v) is 4.19. The molecule has 1 aliphatic rings. The molecule has 18 heavy (non-hydrogen) atoms. The zero-order chi connectivity index (χ0) is 12.7. The van der Waals surface area contributed by atoms with Gasteiger partial charge in [-0.15, -0.1) is 0 Å². The summed E-state index contributed by atoms with van der Waals surface area (Å²) in [6.45, 7) is -2.96. The lowest BCUT2D eigenvalue weighted by atomic mass is 10.2. The minimum Gasteiger partial charge on any atom is -0.440 e. The summed E-state index contributed by atoms with van der Waals surface area (Å²) in [5.74, 6) is 0.656. The Labute approximate surface area is 101 Å². The molecule has 0 aliphatic heterocycles. The van der Waals surface area contributed by atoms with Gasteiger partial charge in [-0.2, -0.15) is 8.78 Å². The molecule has 1 fully saturated rings. The SMILES string of the molecule is O=Cc1cc(OC(F)F)c2nc(C3CC3)oc2c1. The largest absolute Gasteiger partial charge is 0.440 e. The Hall–Kier alpha value is -1.98. The number of hydrogen-bond donors (Lipinski definition) is 0. The van der Waals surface area contributed by atoms with Crippen LogP contribution in [0, 0.1) is 0 Å². The predicted molar refractivity (Wildman–Crippen MR) is 58.0 cm³/mol. The van der Waals surface area contributed by atoms with Crippen LogP contribution in [0.2, 0.25) is 0 Å². The second-order valence-electron chi connectivity index (χ2n) is 4.19. The van der Waals surface area contributed by atoms with Gasteiger partial charge in [0.15, 0.2) is 22.7 Å². The molecule has 1 heterocycles. The molecule has 0 spiro atoms. The van der Waals surface area contributed by atoms with Crippen LogP contribution in [0.3, 0.4) is 0 Å². The van der Waals surface area contributed by atoms with Crippen LogP contribution in [0.25, 0.3) is 11.1 Å². The van der Waals surface area contributed by atoms with Crippen LogP contribution in [0.4, 0.5) is 8.78 Å². The monoisotopic (exact) mass is 253 g/mol. The van der Waals surface area contributed by atoms with Gasteiger partial charge < -0.3 is 9.15 Å².